The van der Waals surface area contributed by atoms with Gasteiger partial charge >= 0.3 is 5.97 Å². The summed E-state index contributed by atoms with van der Waals surface area (Å²) in [7, 11) is 0. The zero-order chi connectivity index (χ0) is 11.0. The average Bonchev–Trinajstić information content (AvgIpc) is 2.96. The lowest BCUT2D eigenvalue weighted by molar-refractivity contribution is -0.142. The minimum absolute atomic E-state index is 0.0638. The van der Waals surface area contributed by atoms with Gasteiger partial charge in [-0.25, -0.2) is 0 Å². The molecule has 2 fully saturated rings. The quantitative estimate of drug-likeness (QED) is 0.740. The van der Waals surface area contributed by atoms with E-state index in [1.807, 2.05) is 4.90 Å². The van der Waals surface area contributed by atoms with Crippen LogP contribution in [0.4, 0.5) is 0 Å². The topological polar surface area (TPSA) is 57.6 Å². The number of carboxylic acid groups (broad SMARTS) is 1. The van der Waals surface area contributed by atoms with E-state index < -0.39 is 11.9 Å². The van der Waals surface area contributed by atoms with Crippen LogP contribution in [0.3, 0.4) is 0 Å². The highest BCUT2D eigenvalue weighted by Crippen LogP contribution is 2.40. The van der Waals surface area contributed by atoms with Gasteiger partial charge < -0.3 is 10.0 Å². The van der Waals surface area contributed by atoms with E-state index in [-0.39, 0.29) is 11.8 Å². The van der Waals surface area contributed by atoms with E-state index in [4.69, 9.17) is 5.11 Å². The monoisotopic (exact) mass is 211 g/mol. The fraction of sp³-hybridized carbons (Fsp3) is 0.818. The molecule has 1 N–H and O–H groups in total. The van der Waals surface area contributed by atoms with Crippen LogP contribution in [0.15, 0.2) is 0 Å². The van der Waals surface area contributed by atoms with Crippen molar-refractivity contribution in [2.24, 2.45) is 17.8 Å². The molecule has 1 amide bonds. The Morgan fingerprint density at radius 1 is 1.33 bits per heavy atom. The summed E-state index contributed by atoms with van der Waals surface area (Å²) < 4.78 is 0. The molecule has 0 aromatic rings. The Morgan fingerprint density at radius 3 is 2.60 bits per heavy atom. The Bertz CT molecular complexity index is 290. The van der Waals surface area contributed by atoms with Gasteiger partial charge in [-0.3, -0.25) is 9.59 Å². The molecular weight excluding hydrogens is 194 g/mol. The largest absolute Gasteiger partial charge is 0.481 e. The minimum Gasteiger partial charge on any atom is -0.481 e. The summed E-state index contributed by atoms with van der Waals surface area (Å²) >= 11 is 0. The van der Waals surface area contributed by atoms with Crippen LogP contribution >= 0.6 is 0 Å². The zero-order valence-electron chi connectivity index (χ0n) is 8.98. The normalized spacial score (nSPS) is 35.0. The summed E-state index contributed by atoms with van der Waals surface area (Å²) in [4.78, 5) is 24.4. The molecular formula is C11H17NO3. The first kappa shape index (κ1) is 10.5. The van der Waals surface area contributed by atoms with Crippen LogP contribution in [-0.2, 0) is 9.59 Å². The molecule has 0 radical (unpaired) electrons. The fourth-order valence-corrected chi connectivity index (χ4v) is 2.36. The Kier molecular flexibility index (Phi) is 2.67. The van der Waals surface area contributed by atoms with Crippen molar-refractivity contribution in [3.05, 3.63) is 0 Å². The molecule has 0 aromatic carbocycles. The van der Waals surface area contributed by atoms with Gasteiger partial charge in [0.05, 0.1) is 11.8 Å². The van der Waals surface area contributed by atoms with E-state index in [0.717, 1.165) is 19.5 Å². The molecule has 0 bridgehead atoms. The van der Waals surface area contributed by atoms with Gasteiger partial charge in [0.15, 0.2) is 0 Å². The highest BCUT2D eigenvalue weighted by molar-refractivity contribution is 5.89. The summed E-state index contributed by atoms with van der Waals surface area (Å²) in [6.07, 6.45) is 2.77. The standard InChI is InChI=1S/C11H17NO3/c1-7-3-2-4-12(6-7)10(13)8-5-9(8)11(14)15/h7-9H,2-6H2,1H3,(H,14,15)/t7-,8-,9-/m0/s1. The number of piperidine rings is 1. The second kappa shape index (κ2) is 3.83. The van der Waals surface area contributed by atoms with Gasteiger partial charge in [-0.15, -0.1) is 0 Å². The van der Waals surface area contributed by atoms with Gasteiger partial charge in [-0.2, -0.15) is 0 Å². The Morgan fingerprint density at radius 2 is 2.07 bits per heavy atom. The van der Waals surface area contributed by atoms with E-state index >= 15 is 0 Å². The van der Waals surface area contributed by atoms with Crippen LogP contribution in [0.1, 0.15) is 26.2 Å². The van der Waals surface area contributed by atoms with E-state index in [1.54, 1.807) is 0 Å². The number of hydrogen-bond acceptors (Lipinski definition) is 2. The first-order valence-corrected chi connectivity index (χ1v) is 5.61. The third kappa shape index (κ3) is 2.13. The minimum atomic E-state index is -0.821. The molecule has 1 aliphatic heterocycles. The molecule has 4 nitrogen and oxygen atoms in total. The molecule has 0 spiro atoms. The van der Waals surface area contributed by atoms with Crippen molar-refractivity contribution in [1.29, 1.82) is 0 Å². The van der Waals surface area contributed by atoms with Crippen LogP contribution in [0.5, 0.6) is 0 Å². The van der Waals surface area contributed by atoms with Gasteiger partial charge in [0.25, 0.3) is 0 Å². The number of carbonyl (C=O) groups excluding carboxylic acids is 1. The van der Waals surface area contributed by atoms with Crippen molar-refractivity contribution >= 4 is 11.9 Å². The number of aliphatic carboxylic acids is 1. The molecule has 1 saturated carbocycles. The van der Waals surface area contributed by atoms with E-state index in [9.17, 15) is 9.59 Å². The number of nitrogens with zero attached hydrogens (tertiary/aromatic N) is 1. The van der Waals surface area contributed by atoms with Crippen LogP contribution in [-0.4, -0.2) is 35.0 Å². The molecule has 84 valence electrons. The Balaban J connectivity index is 1.89. The summed E-state index contributed by atoms with van der Waals surface area (Å²) in [5, 5.41) is 8.75. The van der Waals surface area contributed by atoms with Crippen LogP contribution < -0.4 is 0 Å². The van der Waals surface area contributed by atoms with E-state index in [0.29, 0.717) is 12.3 Å². The van der Waals surface area contributed by atoms with Gasteiger partial charge in [-0.1, -0.05) is 6.92 Å². The maximum absolute atomic E-state index is 11.9. The van der Waals surface area contributed by atoms with Crippen LogP contribution in [0.25, 0.3) is 0 Å². The maximum Gasteiger partial charge on any atom is 0.307 e. The first-order valence-electron chi connectivity index (χ1n) is 5.61. The summed E-state index contributed by atoms with van der Waals surface area (Å²) in [6.45, 7) is 3.76. The molecule has 0 aromatic heterocycles. The van der Waals surface area contributed by atoms with Crippen molar-refractivity contribution in [2.45, 2.75) is 26.2 Å². The highest BCUT2D eigenvalue weighted by atomic mass is 16.4. The second-order valence-electron chi connectivity index (χ2n) is 4.82. The molecule has 15 heavy (non-hydrogen) atoms. The lowest BCUT2D eigenvalue weighted by Gasteiger charge is -2.31. The van der Waals surface area contributed by atoms with Crippen LogP contribution in [0, 0.1) is 17.8 Å². The third-order valence-corrected chi connectivity index (χ3v) is 3.39. The summed E-state index contributed by atoms with van der Waals surface area (Å²) in [5.41, 5.74) is 0. The summed E-state index contributed by atoms with van der Waals surface area (Å²) in [5.74, 6) is -0.834. The van der Waals surface area contributed by atoms with Gasteiger partial charge in [0.1, 0.15) is 0 Å². The lowest BCUT2D eigenvalue weighted by atomic mass is 10.00. The maximum atomic E-state index is 11.9. The summed E-state index contributed by atoms with van der Waals surface area (Å²) in [6, 6.07) is 0. The van der Waals surface area contributed by atoms with Crippen molar-refractivity contribution in [3.63, 3.8) is 0 Å². The lowest BCUT2D eigenvalue weighted by Crippen LogP contribution is -2.40. The number of hydrogen-bond donors (Lipinski definition) is 1. The fourth-order valence-electron chi connectivity index (χ4n) is 2.36. The molecule has 0 unspecified atom stereocenters. The van der Waals surface area contributed by atoms with E-state index in [1.165, 1.54) is 6.42 Å². The number of carboxylic acids is 1. The highest BCUT2D eigenvalue weighted by Gasteiger charge is 2.49. The second-order valence-corrected chi connectivity index (χ2v) is 4.82. The number of carbonyl (C=O) groups is 2. The molecule has 2 aliphatic rings. The molecule has 1 aliphatic carbocycles. The average molecular weight is 211 g/mol. The molecule has 2 rings (SSSR count). The van der Waals surface area contributed by atoms with Crippen molar-refractivity contribution < 1.29 is 14.7 Å². The predicted octanol–water partition coefficient (Wildman–Crippen LogP) is 0.966. The molecule has 1 heterocycles. The van der Waals surface area contributed by atoms with Crippen molar-refractivity contribution in [1.82, 2.24) is 4.90 Å². The Hall–Kier alpha value is -1.06. The van der Waals surface area contributed by atoms with Crippen molar-refractivity contribution in [3.8, 4) is 0 Å². The Labute approximate surface area is 89.3 Å². The third-order valence-electron chi connectivity index (χ3n) is 3.39. The smallest absolute Gasteiger partial charge is 0.307 e. The van der Waals surface area contributed by atoms with E-state index in [2.05, 4.69) is 6.92 Å². The zero-order valence-corrected chi connectivity index (χ0v) is 8.98. The number of rotatable bonds is 2. The number of likely N-dealkylation sites (tertiary alicyclic amines) is 1. The predicted molar refractivity (Wildman–Crippen MR) is 54.2 cm³/mol. The van der Waals surface area contributed by atoms with Crippen molar-refractivity contribution in [2.75, 3.05) is 13.1 Å². The van der Waals surface area contributed by atoms with Crippen LogP contribution in [0.2, 0.25) is 0 Å². The first-order chi connectivity index (χ1) is 7.09. The molecule has 4 heteroatoms. The van der Waals surface area contributed by atoms with Gasteiger partial charge in [0, 0.05) is 13.1 Å². The SMILES string of the molecule is C[C@H]1CCCN(C(=O)[C@H]2C[C@@H]2C(=O)O)C1. The van der Waals surface area contributed by atoms with Gasteiger partial charge in [0.2, 0.25) is 5.91 Å². The molecule has 3 atom stereocenters. The van der Waals surface area contributed by atoms with Gasteiger partial charge in [-0.05, 0) is 25.2 Å². The number of amides is 1. The molecule has 1 saturated heterocycles.